The van der Waals surface area contributed by atoms with Crippen molar-refractivity contribution < 1.29 is 9.31 Å². The van der Waals surface area contributed by atoms with Crippen LogP contribution in [0.3, 0.4) is 0 Å². The van der Waals surface area contributed by atoms with Gasteiger partial charge in [0.2, 0.25) is 0 Å². The lowest BCUT2D eigenvalue weighted by Gasteiger charge is -2.14. The molecule has 0 bridgehead atoms. The summed E-state index contributed by atoms with van der Waals surface area (Å²) in [6, 6.07) is 0. The number of alkyl halides is 1. The van der Waals surface area contributed by atoms with E-state index in [1.54, 1.807) is 13.0 Å². The molecule has 11 heavy (non-hydrogen) atoms. The fraction of sp³-hybridized carbons (Fsp3) is 0.429. The Morgan fingerprint density at radius 3 is 2.82 bits per heavy atom. The van der Waals surface area contributed by atoms with Crippen molar-refractivity contribution in [1.29, 1.82) is 0 Å². The third-order valence-corrected chi connectivity index (χ3v) is 1.54. The highest BCUT2D eigenvalue weighted by Crippen LogP contribution is 2.25. The third-order valence-electron chi connectivity index (χ3n) is 1.54. The summed E-state index contributed by atoms with van der Waals surface area (Å²) >= 11 is 0. The summed E-state index contributed by atoms with van der Waals surface area (Å²) in [5.41, 5.74) is 0.593. The van der Waals surface area contributed by atoms with Crippen LogP contribution in [-0.2, 0) is 0 Å². The Balaban J connectivity index is 2.92. The molecule has 0 radical (unpaired) electrons. The minimum atomic E-state index is -2.38. The van der Waals surface area contributed by atoms with E-state index in [9.17, 15) is 14.5 Å². The van der Waals surface area contributed by atoms with Crippen LogP contribution >= 0.6 is 0 Å². The summed E-state index contributed by atoms with van der Waals surface area (Å²) in [6.07, 6.45) is 4.00. The summed E-state index contributed by atoms with van der Waals surface area (Å²) in [5, 5.41) is 10.2. The highest BCUT2D eigenvalue weighted by atomic mass is 19.1. The molecule has 60 valence electrons. The van der Waals surface area contributed by atoms with Gasteiger partial charge in [-0.15, -0.1) is 0 Å². The van der Waals surface area contributed by atoms with E-state index in [1.165, 1.54) is 6.08 Å². The van der Waals surface area contributed by atoms with Crippen LogP contribution in [0.15, 0.2) is 23.8 Å². The maximum absolute atomic E-state index is 13.1. The molecule has 1 aliphatic rings. The predicted molar refractivity (Wildman–Crippen MR) is 38.3 cm³/mol. The number of rotatable bonds is 1. The van der Waals surface area contributed by atoms with Gasteiger partial charge in [0.25, 0.3) is 0 Å². The maximum Gasteiger partial charge on any atom is 0.381 e. The highest BCUT2D eigenvalue weighted by Gasteiger charge is 2.40. The summed E-state index contributed by atoms with van der Waals surface area (Å²) in [4.78, 5) is 9.27. The van der Waals surface area contributed by atoms with Crippen molar-refractivity contribution in [2.45, 2.75) is 19.1 Å². The van der Waals surface area contributed by atoms with Crippen LogP contribution in [0.1, 0.15) is 13.3 Å². The second kappa shape index (κ2) is 2.45. The lowest BCUT2D eigenvalue weighted by atomic mass is 10.0. The first-order valence-electron chi connectivity index (χ1n) is 3.24. The molecule has 0 saturated heterocycles. The number of allylic oxidation sites excluding steroid dienone is 2. The molecule has 0 aromatic heterocycles. The largest absolute Gasteiger partial charge is 0.381 e. The zero-order chi connectivity index (χ0) is 8.48. The van der Waals surface area contributed by atoms with Gasteiger partial charge in [0.15, 0.2) is 0 Å². The number of halogens is 1. The third kappa shape index (κ3) is 1.45. The van der Waals surface area contributed by atoms with Crippen molar-refractivity contribution >= 4 is 0 Å². The van der Waals surface area contributed by atoms with E-state index in [2.05, 4.69) is 0 Å². The molecular formula is C7H8FNO2. The molecule has 0 saturated carbocycles. The molecule has 0 spiro atoms. The predicted octanol–water partition coefficient (Wildman–Crippen LogP) is 1.84. The van der Waals surface area contributed by atoms with Crippen LogP contribution in [-0.4, -0.2) is 10.7 Å². The van der Waals surface area contributed by atoms with Crippen molar-refractivity contribution in [2.75, 3.05) is 0 Å². The number of nitrogens with zero attached hydrogens (tertiary/aromatic N) is 1. The molecule has 1 atom stereocenters. The molecule has 4 heteroatoms. The minimum absolute atomic E-state index is 0.169. The van der Waals surface area contributed by atoms with Crippen molar-refractivity contribution in [3.8, 4) is 0 Å². The van der Waals surface area contributed by atoms with Crippen molar-refractivity contribution in [3.63, 3.8) is 0 Å². The van der Waals surface area contributed by atoms with Gasteiger partial charge in [0.05, 0.1) is 11.3 Å². The molecule has 0 aliphatic heterocycles. The molecule has 3 nitrogen and oxygen atoms in total. The second-order valence-electron chi connectivity index (χ2n) is 2.57. The molecule has 1 rings (SSSR count). The standard InChI is InChI=1S/C7H8FNO2/c1-6-3-2-4-7(8,5-6)9(10)11/h2-3,5H,4H2,1H3. The monoisotopic (exact) mass is 157 g/mol. The van der Waals surface area contributed by atoms with Crippen LogP contribution in [0, 0.1) is 10.1 Å². The van der Waals surface area contributed by atoms with E-state index >= 15 is 0 Å². The Morgan fingerprint density at radius 2 is 2.45 bits per heavy atom. The van der Waals surface area contributed by atoms with Gasteiger partial charge in [0, 0.05) is 6.08 Å². The quantitative estimate of drug-likeness (QED) is 0.331. The van der Waals surface area contributed by atoms with Crippen LogP contribution < -0.4 is 0 Å². The van der Waals surface area contributed by atoms with E-state index in [0.717, 1.165) is 6.08 Å². The van der Waals surface area contributed by atoms with Gasteiger partial charge in [-0.2, -0.15) is 4.39 Å². The summed E-state index contributed by atoms with van der Waals surface area (Å²) in [7, 11) is 0. The van der Waals surface area contributed by atoms with Gasteiger partial charge in [-0.1, -0.05) is 12.2 Å². The topological polar surface area (TPSA) is 43.1 Å². The molecule has 0 heterocycles. The van der Waals surface area contributed by atoms with Crippen LogP contribution in [0.2, 0.25) is 0 Å². The Bertz CT molecular complexity index is 247. The number of hydrogen-bond acceptors (Lipinski definition) is 2. The van der Waals surface area contributed by atoms with E-state index in [4.69, 9.17) is 0 Å². The van der Waals surface area contributed by atoms with Gasteiger partial charge < -0.3 is 0 Å². The zero-order valence-corrected chi connectivity index (χ0v) is 6.08. The minimum Gasteiger partial charge on any atom is -0.261 e. The molecule has 0 aromatic carbocycles. The fourth-order valence-electron chi connectivity index (χ4n) is 0.993. The highest BCUT2D eigenvalue weighted by molar-refractivity contribution is 5.24. The SMILES string of the molecule is CC1=CC(F)([N+](=O)[O-])CC=C1. The van der Waals surface area contributed by atoms with Gasteiger partial charge in [-0.3, -0.25) is 10.1 Å². The van der Waals surface area contributed by atoms with E-state index in [0.29, 0.717) is 5.57 Å². The average Bonchev–Trinajstić information content (AvgIpc) is 1.86. The average molecular weight is 157 g/mol. The Kier molecular flexibility index (Phi) is 1.76. The van der Waals surface area contributed by atoms with E-state index in [1.807, 2.05) is 0 Å². The van der Waals surface area contributed by atoms with E-state index < -0.39 is 10.7 Å². The van der Waals surface area contributed by atoms with Crippen molar-refractivity contribution in [2.24, 2.45) is 0 Å². The van der Waals surface area contributed by atoms with Crippen molar-refractivity contribution in [1.82, 2.24) is 0 Å². The van der Waals surface area contributed by atoms with Crippen LogP contribution in [0.4, 0.5) is 4.39 Å². The fourth-order valence-corrected chi connectivity index (χ4v) is 0.993. The van der Waals surface area contributed by atoms with Gasteiger partial charge in [-0.05, 0) is 12.5 Å². The zero-order valence-electron chi connectivity index (χ0n) is 6.08. The lowest BCUT2D eigenvalue weighted by molar-refractivity contribution is -0.588. The normalized spacial score (nSPS) is 29.8. The summed E-state index contributed by atoms with van der Waals surface area (Å²) in [6.45, 7) is 1.63. The summed E-state index contributed by atoms with van der Waals surface area (Å²) in [5.74, 6) is -2.38. The Morgan fingerprint density at radius 1 is 1.82 bits per heavy atom. The molecule has 0 N–H and O–H groups in total. The number of nitro groups is 1. The Labute approximate surface area is 63.4 Å². The molecule has 0 aromatic rings. The molecule has 0 amide bonds. The lowest BCUT2D eigenvalue weighted by Crippen LogP contribution is -2.31. The number of hydrogen-bond donors (Lipinski definition) is 0. The first kappa shape index (κ1) is 7.91. The second-order valence-corrected chi connectivity index (χ2v) is 2.57. The van der Waals surface area contributed by atoms with E-state index in [-0.39, 0.29) is 6.42 Å². The van der Waals surface area contributed by atoms with Crippen LogP contribution in [0.5, 0.6) is 0 Å². The van der Waals surface area contributed by atoms with Gasteiger partial charge in [0.1, 0.15) is 0 Å². The maximum atomic E-state index is 13.1. The molecule has 1 aliphatic carbocycles. The van der Waals surface area contributed by atoms with Gasteiger partial charge in [-0.25, -0.2) is 0 Å². The molecule has 0 fully saturated rings. The smallest absolute Gasteiger partial charge is 0.261 e. The first-order chi connectivity index (χ1) is 5.04. The Hall–Kier alpha value is -1.19. The van der Waals surface area contributed by atoms with Crippen LogP contribution in [0.25, 0.3) is 0 Å². The molecule has 1 unspecified atom stereocenters. The first-order valence-corrected chi connectivity index (χ1v) is 3.24. The summed E-state index contributed by atoms with van der Waals surface area (Å²) < 4.78 is 13.1. The van der Waals surface area contributed by atoms with Gasteiger partial charge >= 0.3 is 5.79 Å². The molecular weight excluding hydrogens is 149 g/mol. The van der Waals surface area contributed by atoms with Crippen molar-refractivity contribution in [3.05, 3.63) is 33.9 Å².